The van der Waals surface area contributed by atoms with Crippen molar-refractivity contribution in [2.75, 3.05) is 18.8 Å². The maximum atomic E-state index is 14.0. The van der Waals surface area contributed by atoms with Crippen LogP contribution in [0.25, 0.3) is 0 Å². The fraction of sp³-hybridized carbons (Fsp3) is 0.562. The molecule has 26 heavy (non-hydrogen) atoms. The van der Waals surface area contributed by atoms with Crippen molar-refractivity contribution in [2.45, 2.75) is 36.6 Å². The zero-order chi connectivity index (χ0) is 19.3. The Morgan fingerprint density at radius 2 is 1.62 bits per heavy atom. The quantitative estimate of drug-likeness (QED) is 0.684. The minimum absolute atomic E-state index is 0.0159. The van der Waals surface area contributed by atoms with Gasteiger partial charge >= 0.3 is 6.18 Å². The largest absolute Gasteiger partial charge is 0.416 e. The van der Waals surface area contributed by atoms with E-state index < -0.39 is 49.4 Å². The summed E-state index contributed by atoms with van der Waals surface area (Å²) in [5, 5.41) is 0. The molecule has 0 aromatic heterocycles. The number of hydrogen-bond donors (Lipinski definition) is 0. The molecule has 1 aromatic rings. The van der Waals surface area contributed by atoms with Crippen molar-refractivity contribution in [2.24, 2.45) is 0 Å². The van der Waals surface area contributed by atoms with Crippen molar-refractivity contribution in [3.05, 3.63) is 34.9 Å². The molecule has 4 nitrogen and oxygen atoms in total. The number of carbonyl (C=O) groups excluding carboxylic acids is 1. The topological polar surface area (TPSA) is 54.5 Å². The summed E-state index contributed by atoms with van der Waals surface area (Å²) in [6, 6.07) is 0.136. The highest BCUT2D eigenvalue weighted by molar-refractivity contribution is 7.92. The molecule has 1 spiro atoms. The predicted molar refractivity (Wildman–Crippen MR) is 82.2 cm³/mol. The van der Waals surface area contributed by atoms with Crippen LogP contribution in [0.1, 0.15) is 41.6 Å². The lowest BCUT2D eigenvalue weighted by atomic mass is 9.81. The molecule has 0 radical (unpaired) electrons. The van der Waals surface area contributed by atoms with E-state index in [4.69, 9.17) is 0 Å². The van der Waals surface area contributed by atoms with E-state index in [-0.39, 0.29) is 37.4 Å². The van der Waals surface area contributed by atoms with Gasteiger partial charge in [0.25, 0.3) is 5.91 Å². The molecule has 1 heterocycles. The third-order valence-electron chi connectivity index (χ3n) is 5.26. The van der Waals surface area contributed by atoms with E-state index in [2.05, 4.69) is 0 Å². The van der Waals surface area contributed by atoms with Gasteiger partial charge in [0.15, 0.2) is 9.84 Å². The second-order valence-electron chi connectivity index (χ2n) is 6.71. The average molecular weight is 397 g/mol. The third-order valence-corrected chi connectivity index (χ3v) is 7.91. The van der Waals surface area contributed by atoms with Gasteiger partial charge in [-0.1, -0.05) is 6.42 Å². The van der Waals surface area contributed by atoms with Crippen LogP contribution < -0.4 is 0 Å². The summed E-state index contributed by atoms with van der Waals surface area (Å²) in [4.78, 5) is 13.5. The fourth-order valence-corrected chi connectivity index (χ4v) is 5.69. The molecule has 0 bridgehead atoms. The van der Waals surface area contributed by atoms with Crippen LogP contribution >= 0.6 is 0 Å². The Morgan fingerprint density at radius 1 is 1.04 bits per heavy atom. The van der Waals surface area contributed by atoms with E-state index in [9.17, 15) is 35.2 Å². The number of rotatable bonds is 1. The molecule has 1 saturated carbocycles. The van der Waals surface area contributed by atoms with Gasteiger partial charge in [-0.15, -0.1) is 0 Å². The Kier molecular flexibility index (Phi) is 4.53. The van der Waals surface area contributed by atoms with Crippen LogP contribution in [0.5, 0.6) is 0 Å². The summed E-state index contributed by atoms with van der Waals surface area (Å²) in [6.45, 7) is -0.263. The zero-order valence-corrected chi connectivity index (χ0v) is 14.4. The van der Waals surface area contributed by atoms with Gasteiger partial charge in [-0.25, -0.2) is 17.2 Å². The molecule has 1 saturated heterocycles. The number of alkyl halides is 3. The molecular formula is C16H16F5NO3S. The lowest BCUT2D eigenvalue weighted by molar-refractivity contribution is -0.138. The van der Waals surface area contributed by atoms with Crippen LogP contribution in [0.4, 0.5) is 22.0 Å². The number of amides is 1. The van der Waals surface area contributed by atoms with Gasteiger partial charge in [-0.2, -0.15) is 13.2 Å². The van der Waals surface area contributed by atoms with Crippen LogP contribution in [-0.2, 0) is 16.0 Å². The van der Waals surface area contributed by atoms with Crippen LogP contribution in [0.2, 0.25) is 0 Å². The summed E-state index contributed by atoms with van der Waals surface area (Å²) < 4.78 is 89.8. The van der Waals surface area contributed by atoms with E-state index in [1.165, 1.54) is 0 Å². The number of sulfone groups is 1. The van der Waals surface area contributed by atoms with Crippen molar-refractivity contribution in [3.63, 3.8) is 0 Å². The lowest BCUT2D eigenvalue weighted by Crippen LogP contribution is -2.46. The SMILES string of the molecule is O=C(c1c(F)cc(C(F)(F)F)cc1F)N1CCC2(CCC2)S(=O)(=O)CC1. The Morgan fingerprint density at radius 3 is 2.08 bits per heavy atom. The summed E-state index contributed by atoms with van der Waals surface area (Å²) in [6.07, 6.45) is -3.06. The second kappa shape index (κ2) is 6.17. The molecule has 1 aliphatic heterocycles. The standard InChI is InChI=1S/C16H16F5NO3S/c17-11-8-10(16(19,20)21)9-12(18)13(11)14(23)22-5-4-15(2-1-3-15)26(24,25)7-6-22/h8-9H,1-7H2. The summed E-state index contributed by atoms with van der Waals surface area (Å²) >= 11 is 0. The van der Waals surface area contributed by atoms with E-state index >= 15 is 0 Å². The van der Waals surface area contributed by atoms with Crippen LogP contribution in [0.15, 0.2) is 12.1 Å². The molecule has 144 valence electrons. The Bertz CT molecular complexity index is 823. The molecule has 10 heteroatoms. The summed E-state index contributed by atoms with van der Waals surface area (Å²) in [7, 11) is -3.45. The predicted octanol–water partition coefficient (Wildman–Crippen LogP) is 3.17. The first-order valence-electron chi connectivity index (χ1n) is 8.05. The fourth-order valence-electron chi connectivity index (χ4n) is 3.49. The van der Waals surface area contributed by atoms with Crippen molar-refractivity contribution in [1.29, 1.82) is 0 Å². The molecule has 1 aliphatic carbocycles. The minimum Gasteiger partial charge on any atom is -0.337 e. The van der Waals surface area contributed by atoms with E-state index in [0.717, 1.165) is 11.3 Å². The van der Waals surface area contributed by atoms with E-state index in [1.807, 2.05) is 0 Å². The number of hydrogen-bond acceptors (Lipinski definition) is 3. The van der Waals surface area contributed by atoms with Crippen molar-refractivity contribution in [3.8, 4) is 0 Å². The van der Waals surface area contributed by atoms with Crippen molar-refractivity contribution < 1.29 is 35.2 Å². The maximum Gasteiger partial charge on any atom is 0.416 e. The first-order valence-corrected chi connectivity index (χ1v) is 9.70. The highest BCUT2D eigenvalue weighted by Gasteiger charge is 2.50. The molecule has 2 aliphatic rings. The van der Waals surface area contributed by atoms with Crippen LogP contribution in [-0.4, -0.2) is 42.8 Å². The number of benzene rings is 1. The van der Waals surface area contributed by atoms with Crippen LogP contribution in [0.3, 0.4) is 0 Å². The van der Waals surface area contributed by atoms with Crippen molar-refractivity contribution in [1.82, 2.24) is 4.90 Å². The van der Waals surface area contributed by atoms with Gasteiger partial charge in [0, 0.05) is 13.1 Å². The van der Waals surface area contributed by atoms with E-state index in [1.54, 1.807) is 0 Å². The first kappa shape index (κ1) is 19.1. The Hall–Kier alpha value is -1.71. The van der Waals surface area contributed by atoms with E-state index in [0.29, 0.717) is 12.8 Å². The summed E-state index contributed by atoms with van der Waals surface area (Å²) in [5.41, 5.74) is -2.63. The van der Waals surface area contributed by atoms with Gasteiger partial charge in [-0.05, 0) is 31.4 Å². The van der Waals surface area contributed by atoms with Gasteiger partial charge < -0.3 is 4.90 Å². The average Bonchev–Trinajstić information content (AvgIpc) is 2.60. The Labute approximate surface area is 146 Å². The minimum atomic E-state index is -4.95. The maximum absolute atomic E-state index is 14.0. The molecule has 1 amide bonds. The summed E-state index contributed by atoms with van der Waals surface area (Å²) in [5.74, 6) is -4.70. The zero-order valence-electron chi connectivity index (χ0n) is 13.6. The number of halogens is 5. The van der Waals surface area contributed by atoms with Crippen LogP contribution in [0, 0.1) is 11.6 Å². The monoisotopic (exact) mass is 397 g/mol. The van der Waals surface area contributed by atoms with Gasteiger partial charge in [-0.3, -0.25) is 4.79 Å². The molecule has 0 N–H and O–H groups in total. The normalized spacial score (nSPS) is 22.0. The molecule has 0 unspecified atom stereocenters. The van der Waals surface area contributed by atoms with Gasteiger partial charge in [0.2, 0.25) is 0 Å². The van der Waals surface area contributed by atoms with Gasteiger partial charge in [0.05, 0.1) is 16.1 Å². The highest BCUT2D eigenvalue weighted by Crippen LogP contribution is 2.44. The third kappa shape index (κ3) is 3.08. The van der Waals surface area contributed by atoms with Crippen molar-refractivity contribution >= 4 is 15.7 Å². The number of nitrogens with zero attached hydrogens (tertiary/aromatic N) is 1. The first-order chi connectivity index (χ1) is 12.0. The Balaban J connectivity index is 1.88. The molecule has 0 atom stereocenters. The molecule has 3 rings (SSSR count). The second-order valence-corrected chi connectivity index (χ2v) is 9.21. The molecule has 1 aromatic carbocycles. The van der Waals surface area contributed by atoms with Gasteiger partial charge in [0.1, 0.15) is 17.2 Å². The molecule has 2 fully saturated rings. The smallest absolute Gasteiger partial charge is 0.337 e. The molecular weight excluding hydrogens is 381 g/mol. The highest BCUT2D eigenvalue weighted by atomic mass is 32.2. The lowest BCUT2D eigenvalue weighted by Gasteiger charge is -2.39. The number of carbonyl (C=O) groups is 1.